The summed E-state index contributed by atoms with van der Waals surface area (Å²) in [6.45, 7) is 20.6. The number of hydrogen-bond donors (Lipinski definition) is 3. The van der Waals surface area contributed by atoms with Gasteiger partial charge in [-0.05, 0) is 37.6 Å². The van der Waals surface area contributed by atoms with Crippen LogP contribution in [0.25, 0.3) is 0 Å². The number of nitrogens with two attached hydrogens (primary N) is 1. The Morgan fingerprint density at radius 2 is 0.973 bits per heavy atom. The number of esters is 1. The molecule has 10 nitrogen and oxygen atoms in total. The van der Waals surface area contributed by atoms with Crippen LogP contribution in [0.4, 0.5) is 0 Å². The van der Waals surface area contributed by atoms with Crippen LogP contribution in [0.5, 0.6) is 0 Å². The van der Waals surface area contributed by atoms with Gasteiger partial charge in [0.15, 0.2) is 11.9 Å². The normalized spacial score (nSPS) is 19.0. The third-order valence-corrected chi connectivity index (χ3v) is 19.5. The quantitative estimate of drug-likeness (QED) is 0.0234. The van der Waals surface area contributed by atoms with Gasteiger partial charge in [-0.15, -0.1) is 0 Å². The van der Waals surface area contributed by atoms with Gasteiger partial charge >= 0.3 is 5.97 Å². The molecule has 75 heavy (non-hydrogen) atoms. The molecule has 1 rings (SSSR count). The van der Waals surface area contributed by atoms with Crippen LogP contribution < -0.4 is 5.73 Å². The zero-order chi connectivity index (χ0) is 55.5. The minimum absolute atomic E-state index is 0.00485. The fourth-order valence-corrected chi connectivity index (χ4v) is 12.7. The molecule has 0 aromatic rings. The van der Waals surface area contributed by atoms with Crippen molar-refractivity contribution < 1.29 is 43.5 Å². The highest BCUT2D eigenvalue weighted by Crippen LogP contribution is 2.37. The molecular weight excluding hydrogens is 971 g/mol. The van der Waals surface area contributed by atoms with E-state index >= 15 is 0 Å². The topological polar surface area (TPSA) is 147 Å². The first-order chi connectivity index (χ1) is 36.0. The smallest absolute Gasteiger partial charge is 0.306 e. The summed E-state index contributed by atoms with van der Waals surface area (Å²) in [6.07, 6.45) is 41.2. The van der Waals surface area contributed by atoms with Crippen LogP contribution in [0.3, 0.4) is 0 Å². The summed E-state index contributed by atoms with van der Waals surface area (Å²) in [6, 6.07) is 1.74. The first kappa shape index (κ1) is 72.1. The fraction of sp³-hybridized carbons (Fsp3) is 0.968. The van der Waals surface area contributed by atoms with Gasteiger partial charge in [0.05, 0.1) is 12.7 Å². The van der Waals surface area contributed by atoms with Crippen molar-refractivity contribution in [3.63, 3.8) is 0 Å². The highest BCUT2D eigenvalue weighted by Gasteiger charge is 2.51. The van der Waals surface area contributed by atoms with Gasteiger partial charge in [0, 0.05) is 35.6 Å². The van der Waals surface area contributed by atoms with Crippen molar-refractivity contribution in [3.05, 3.63) is 0 Å². The van der Waals surface area contributed by atoms with Gasteiger partial charge in [-0.25, -0.2) is 0 Å². The van der Waals surface area contributed by atoms with Crippen molar-refractivity contribution in [1.29, 1.82) is 0 Å². The molecule has 4 N–H and O–H groups in total. The molecule has 0 aromatic carbocycles. The molecule has 1 amide bonds. The number of rotatable bonds is 54. The summed E-state index contributed by atoms with van der Waals surface area (Å²) in [7, 11) is -3.09. The number of carbonyl (C=O) groups is 2. The van der Waals surface area contributed by atoms with E-state index in [-0.39, 0.29) is 25.1 Å². The van der Waals surface area contributed by atoms with Crippen LogP contribution in [0, 0.1) is 5.92 Å². The van der Waals surface area contributed by atoms with Crippen molar-refractivity contribution in [3.8, 4) is 0 Å². The van der Waals surface area contributed by atoms with Crippen molar-refractivity contribution in [2.75, 3.05) is 20.0 Å². The maximum absolute atomic E-state index is 14.1. The Morgan fingerprint density at radius 3 is 1.35 bits per heavy atom. The largest absolute Gasteiger partial charge is 0.459 e. The molecule has 0 spiro atoms. The molecule has 1 aliphatic heterocycles. The SMILES string of the molecule is CCCCCCCCCCCCCCCCCCC(CCCCCCCCCCC)CC(=O)O[C@@H]1C[C@H](OC(CC[Si](C)(C)C)(C(N)=O)[C@@H](CCCCCCCCCCC)OCOCC[Si](C)(C)C)O[C@H](CO)[C@H]1O. The molecule has 12 heteroatoms. The van der Waals surface area contributed by atoms with Crippen LogP contribution >= 0.6 is 0 Å². The van der Waals surface area contributed by atoms with E-state index in [0.29, 0.717) is 25.9 Å². The van der Waals surface area contributed by atoms with E-state index in [0.717, 1.165) is 57.0 Å². The van der Waals surface area contributed by atoms with Crippen LogP contribution in [-0.2, 0) is 33.3 Å². The van der Waals surface area contributed by atoms with Gasteiger partial charge in [-0.2, -0.15) is 0 Å². The first-order valence-corrected chi connectivity index (χ1v) is 39.7. The Hall–Kier alpha value is -0.866. The lowest BCUT2D eigenvalue weighted by Gasteiger charge is -2.45. The van der Waals surface area contributed by atoms with E-state index in [1.165, 1.54) is 186 Å². The molecule has 0 bridgehead atoms. The predicted octanol–water partition coefficient (Wildman–Crippen LogP) is 17.5. The number of unbranched alkanes of at least 4 members (excludes halogenated alkanes) is 31. The Bertz CT molecular complexity index is 1330. The highest BCUT2D eigenvalue weighted by atomic mass is 28.3. The second kappa shape index (κ2) is 45.8. The molecule has 1 fully saturated rings. The first-order valence-electron chi connectivity index (χ1n) is 32.3. The average molecular weight is 1100 g/mol. The molecule has 0 radical (unpaired) electrons. The zero-order valence-electron chi connectivity index (χ0n) is 51.1. The van der Waals surface area contributed by atoms with Gasteiger partial charge in [0.25, 0.3) is 5.91 Å². The molecule has 1 aliphatic rings. The molecular formula is C63H127NO9Si2. The summed E-state index contributed by atoms with van der Waals surface area (Å²) in [4.78, 5) is 28.2. The van der Waals surface area contributed by atoms with Crippen molar-refractivity contribution >= 4 is 28.0 Å². The Kier molecular flexibility index (Phi) is 44.1. The van der Waals surface area contributed by atoms with Gasteiger partial charge in [-0.3, -0.25) is 9.59 Å². The van der Waals surface area contributed by atoms with E-state index in [1.54, 1.807) is 0 Å². The second-order valence-corrected chi connectivity index (χ2v) is 37.1. The molecule has 1 heterocycles. The lowest BCUT2D eigenvalue weighted by atomic mass is 9.87. The van der Waals surface area contributed by atoms with E-state index in [1.807, 2.05) is 0 Å². The number of aliphatic hydroxyl groups excluding tert-OH is 2. The molecule has 446 valence electrons. The maximum Gasteiger partial charge on any atom is 0.306 e. The number of hydrogen-bond acceptors (Lipinski definition) is 9. The van der Waals surface area contributed by atoms with Crippen LogP contribution in [0.2, 0.25) is 51.4 Å². The highest BCUT2D eigenvalue weighted by molar-refractivity contribution is 6.76. The molecule has 0 aromatic heterocycles. The molecule has 0 aliphatic carbocycles. The van der Waals surface area contributed by atoms with Crippen LogP contribution in [-0.4, -0.2) is 94.6 Å². The summed E-state index contributed by atoms with van der Waals surface area (Å²) >= 11 is 0. The lowest BCUT2D eigenvalue weighted by molar-refractivity contribution is -0.303. The number of carbonyl (C=O) groups excluding carboxylic acids is 2. The standard InChI is InChI=1S/C63H127NO9Si2/c1-10-13-16-19-22-25-26-27-28-29-30-31-34-36-39-42-45-55(44-41-38-35-32-23-20-17-14-11-2)51-59(66)71-56-52-60(72-57(53-65)61(56)67)73-63(62(64)68,47-49-74(4,5)6)58(70-54-69-48-50-75(7,8)9)46-43-40-37-33-24-21-18-15-12-3/h55-58,60-61,65,67H,10-54H2,1-9H3,(H2,64,68)/t55?,56-,57-,58-,60+,61+,63?/m1/s1. The number of primary amides is 1. The number of amides is 1. The minimum Gasteiger partial charge on any atom is -0.459 e. The zero-order valence-corrected chi connectivity index (χ0v) is 53.1. The minimum atomic E-state index is -1.75. The molecule has 1 saturated heterocycles. The summed E-state index contributed by atoms with van der Waals surface area (Å²) in [5.41, 5.74) is 4.92. The summed E-state index contributed by atoms with van der Waals surface area (Å²) in [5, 5.41) is 22.1. The van der Waals surface area contributed by atoms with E-state index in [9.17, 15) is 19.8 Å². The second-order valence-electron chi connectivity index (χ2n) is 25.9. The lowest BCUT2D eigenvalue weighted by Crippen LogP contribution is -2.61. The Labute approximate surface area is 466 Å². The van der Waals surface area contributed by atoms with Crippen molar-refractivity contribution in [2.24, 2.45) is 11.7 Å². The van der Waals surface area contributed by atoms with E-state index < -0.39 is 65.0 Å². The van der Waals surface area contributed by atoms with E-state index in [2.05, 4.69) is 60.1 Å². The monoisotopic (exact) mass is 1100 g/mol. The summed E-state index contributed by atoms with van der Waals surface area (Å²) in [5.74, 6) is -0.751. The van der Waals surface area contributed by atoms with Crippen molar-refractivity contribution in [2.45, 2.75) is 365 Å². The molecule has 2 unspecified atom stereocenters. The average Bonchev–Trinajstić information content (AvgIpc) is 3.35. The number of ether oxygens (including phenoxy) is 5. The predicted molar refractivity (Wildman–Crippen MR) is 322 cm³/mol. The van der Waals surface area contributed by atoms with Crippen molar-refractivity contribution in [1.82, 2.24) is 0 Å². The van der Waals surface area contributed by atoms with Crippen LogP contribution in [0.15, 0.2) is 0 Å². The Balaban J connectivity index is 3.11. The molecule has 0 saturated carbocycles. The number of aliphatic hydroxyl groups is 2. The van der Waals surface area contributed by atoms with Crippen LogP contribution in [0.1, 0.15) is 278 Å². The Morgan fingerprint density at radius 1 is 0.587 bits per heavy atom. The fourth-order valence-electron chi connectivity index (χ4n) is 10.9. The van der Waals surface area contributed by atoms with Gasteiger partial charge in [0.1, 0.15) is 25.1 Å². The molecule has 7 atom stereocenters. The maximum atomic E-state index is 14.1. The van der Waals surface area contributed by atoms with Gasteiger partial charge in [0.2, 0.25) is 0 Å². The van der Waals surface area contributed by atoms with Gasteiger partial charge in [-0.1, -0.05) is 284 Å². The summed E-state index contributed by atoms with van der Waals surface area (Å²) < 4.78 is 32.0. The van der Waals surface area contributed by atoms with E-state index in [4.69, 9.17) is 29.4 Å². The third-order valence-electron chi connectivity index (χ3n) is 16.1. The third kappa shape index (κ3) is 38.4. The van der Waals surface area contributed by atoms with Gasteiger partial charge < -0.3 is 39.6 Å².